The van der Waals surface area contributed by atoms with Gasteiger partial charge < -0.3 is 15.4 Å². The van der Waals surface area contributed by atoms with E-state index in [0.717, 1.165) is 25.8 Å². The quantitative estimate of drug-likeness (QED) is 0.892. The largest absolute Gasteiger partial charge is 0.494 e. The van der Waals surface area contributed by atoms with Crippen LogP contribution in [0, 0.1) is 0 Å². The average Bonchev–Trinajstić information content (AvgIpc) is 2.47. The third-order valence-corrected chi connectivity index (χ3v) is 3.62. The highest BCUT2D eigenvalue weighted by atomic mass is 16.5. The summed E-state index contributed by atoms with van der Waals surface area (Å²) in [6.07, 6.45) is 7.32. The Morgan fingerprint density at radius 1 is 1.58 bits per heavy atom. The van der Waals surface area contributed by atoms with Crippen LogP contribution in [0.4, 0.5) is 0 Å². The summed E-state index contributed by atoms with van der Waals surface area (Å²) in [5.41, 5.74) is 6.23. The second-order valence-corrected chi connectivity index (χ2v) is 4.80. The van der Waals surface area contributed by atoms with Crippen LogP contribution in [0.2, 0.25) is 0 Å². The van der Waals surface area contributed by atoms with Gasteiger partial charge in [-0.1, -0.05) is 0 Å². The van der Waals surface area contributed by atoms with E-state index in [2.05, 4.69) is 4.98 Å². The van der Waals surface area contributed by atoms with E-state index in [1.807, 2.05) is 4.90 Å². The molecule has 0 bridgehead atoms. The van der Waals surface area contributed by atoms with Crippen molar-refractivity contribution in [3.05, 3.63) is 24.0 Å². The van der Waals surface area contributed by atoms with Crippen LogP contribution < -0.4 is 10.5 Å². The number of aromatic nitrogens is 1. The zero-order valence-corrected chi connectivity index (χ0v) is 11.3. The first-order valence-corrected chi connectivity index (χ1v) is 6.77. The third-order valence-electron chi connectivity index (χ3n) is 3.62. The van der Waals surface area contributed by atoms with E-state index in [0.29, 0.717) is 17.9 Å². The van der Waals surface area contributed by atoms with Crippen molar-refractivity contribution in [2.24, 2.45) is 5.73 Å². The van der Waals surface area contributed by atoms with Crippen molar-refractivity contribution in [3.63, 3.8) is 0 Å². The molecule has 1 aromatic heterocycles. The van der Waals surface area contributed by atoms with Gasteiger partial charge in [0.05, 0.1) is 18.9 Å². The Morgan fingerprint density at radius 2 is 2.42 bits per heavy atom. The summed E-state index contributed by atoms with van der Waals surface area (Å²) in [5.74, 6) is 0.557. The van der Waals surface area contributed by atoms with Crippen LogP contribution in [0.5, 0.6) is 5.75 Å². The molecule has 0 radical (unpaired) electrons. The molecule has 5 nitrogen and oxygen atoms in total. The average molecular weight is 263 g/mol. The van der Waals surface area contributed by atoms with E-state index in [4.69, 9.17) is 10.5 Å². The Labute approximate surface area is 113 Å². The number of rotatable bonds is 4. The Bertz CT molecular complexity index is 434. The molecule has 0 aromatic carbocycles. The van der Waals surface area contributed by atoms with Crippen LogP contribution in [0.1, 0.15) is 36.0 Å². The topological polar surface area (TPSA) is 68.5 Å². The van der Waals surface area contributed by atoms with E-state index in [-0.39, 0.29) is 11.9 Å². The van der Waals surface area contributed by atoms with Gasteiger partial charge in [-0.15, -0.1) is 0 Å². The zero-order chi connectivity index (χ0) is 13.7. The molecular formula is C14H21N3O2. The van der Waals surface area contributed by atoms with Crippen molar-refractivity contribution in [2.75, 3.05) is 20.2 Å². The number of nitrogens with two attached hydrogens (primary N) is 1. The van der Waals surface area contributed by atoms with Crippen molar-refractivity contribution in [1.82, 2.24) is 9.88 Å². The number of amides is 1. The van der Waals surface area contributed by atoms with Gasteiger partial charge in [0.2, 0.25) is 0 Å². The molecule has 1 aromatic rings. The monoisotopic (exact) mass is 263 g/mol. The lowest BCUT2D eigenvalue weighted by Crippen LogP contribution is -2.44. The molecule has 0 saturated carbocycles. The minimum Gasteiger partial charge on any atom is -0.494 e. The summed E-state index contributed by atoms with van der Waals surface area (Å²) in [7, 11) is 1.56. The third kappa shape index (κ3) is 3.04. The van der Waals surface area contributed by atoms with Crippen LogP contribution in [0.25, 0.3) is 0 Å². The van der Waals surface area contributed by atoms with Crippen molar-refractivity contribution >= 4 is 5.91 Å². The van der Waals surface area contributed by atoms with Crippen LogP contribution in [-0.4, -0.2) is 42.0 Å². The number of pyridine rings is 1. The maximum atomic E-state index is 12.6. The van der Waals surface area contributed by atoms with Crippen molar-refractivity contribution in [3.8, 4) is 5.75 Å². The van der Waals surface area contributed by atoms with Crippen molar-refractivity contribution in [1.29, 1.82) is 0 Å². The maximum Gasteiger partial charge on any atom is 0.257 e. The molecule has 2 rings (SSSR count). The van der Waals surface area contributed by atoms with Crippen molar-refractivity contribution in [2.45, 2.75) is 31.7 Å². The molecule has 0 spiro atoms. The second-order valence-electron chi connectivity index (χ2n) is 4.80. The predicted octanol–water partition coefficient (Wildman–Crippen LogP) is 1.43. The number of methoxy groups -OCH3 is 1. The number of hydrogen-bond donors (Lipinski definition) is 1. The molecule has 104 valence electrons. The van der Waals surface area contributed by atoms with Crippen molar-refractivity contribution < 1.29 is 9.53 Å². The smallest absolute Gasteiger partial charge is 0.257 e. The Balaban J connectivity index is 2.21. The number of nitrogens with zero attached hydrogens (tertiary/aromatic N) is 2. The van der Waals surface area contributed by atoms with E-state index >= 15 is 0 Å². The molecule has 5 heteroatoms. The van der Waals surface area contributed by atoms with Crippen LogP contribution in [0.15, 0.2) is 18.5 Å². The lowest BCUT2D eigenvalue weighted by molar-refractivity contribution is 0.0601. The summed E-state index contributed by atoms with van der Waals surface area (Å²) < 4.78 is 5.22. The van der Waals surface area contributed by atoms with Gasteiger partial charge in [0.25, 0.3) is 5.91 Å². The highest BCUT2D eigenvalue weighted by Gasteiger charge is 2.28. The molecule has 1 fully saturated rings. The molecule has 0 aliphatic carbocycles. The fourth-order valence-corrected chi connectivity index (χ4v) is 2.63. The number of hydrogen-bond acceptors (Lipinski definition) is 4. The van der Waals surface area contributed by atoms with Gasteiger partial charge in [-0.25, -0.2) is 0 Å². The number of likely N-dealkylation sites (tertiary alicyclic amines) is 1. The van der Waals surface area contributed by atoms with E-state index in [9.17, 15) is 4.79 Å². The van der Waals surface area contributed by atoms with Gasteiger partial charge in [-0.2, -0.15) is 0 Å². The molecule has 19 heavy (non-hydrogen) atoms. The second kappa shape index (κ2) is 6.52. The standard InChI is InChI=1S/C14H21N3O2/c1-19-13-10-16-8-6-12(13)14(18)17-9-3-2-4-11(17)5-7-15/h6,8,10-11H,2-5,7,9,15H2,1H3. The predicted molar refractivity (Wildman–Crippen MR) is 73.1 cm³/mol. The first kappa shape index (κ1) is 13.8. The summed E-state index contributed by atoms with van der Waals surface area (Å²) >= 11 is 0. The van der Waals surface area contributed by atoms with Gasteiger partial charge in [0.1, 0.15) is 5.75 Å². The molecule has 2 heterocycles. The zero-order valence-electron chi connectivity index (χ0n) is 11.3. The Kier molecular flexibility index (Phi) is 4.74. The number of carbonyl (C=O) groups is 1. The SMILES string of the molecule is COc1cnccc1C(=O)N1CCCCC1CCN. The fourth-order valence-electron chi connectivity index (χ4n) is 2.63. The summed E-state index contributed by atoms with van der Waals surface area (Å²) in [6, 6.07) is 1.97. The molecule has 1 amide bonds. The summed E-state index contributed by atoms with van der Waals surface area (Å²) in [5, 5.41) is 0. The molecular weight excluding hydrogens is 242 g/mol. The number of piperidine rings is 1. The van der Waals surface area contributed by atoms with Gasteiger partial charge in [0, 0.05) is 18.8 Å². The van der Waals surface area contributed by atoms with Crippen LogP contribution >= 0.6 is 0 Å². The highest BCUT2D eigenvalue weighted by molar-refractivity contribution is 5.97. The lowest BCUT2D eigenvalue weighted by Gasteiger charge is -2.36. The van der Waals surface area contributed by atoms with Gasteiger partial charge in [-0.05, 0) is 38.3 Å². The highest BCUT2D eigenvalue weighted by Crippen LogP contribution is 2.25. The summed E-state index contributed by atoms with van der Waals surface area (Å²) in [6.45, 7) is 1.41. The van der Waals surface area contributed by atoms with Crippen LogP contribution in [-0.2, 0) is 0 Å². The molecule has 1 aliphatic heterocycles. The molecule has 1 saturated heterocycles. The minimum atomic E-state index is 0.0254. The first-order chi connectivity index (χ1) is 9.27. The van der Waals surface area contributed by atoms with E-state index < -0.39 is 0 Å². The fraction of sp³-hybridized carbons (Fsp3) is 0.571. The molecule has 2 N–H and O–H groups in total. The van der Waals surface area contributed by atoms with Gasteiger partial charge in [0.15, 0.2) is 0 Å². The summed E-state index contributed by atoms with van der Waals surface area (Å²) in [4.78, 5) is 18.6. The normalized spacial score (nSPS) is 19.3. The first-order valence-electron chi connectivity index (χ1n) is 6.77. The molecule has 1 unspecified atom stereocenters. The minimum absolute atomic E-state index is 0.0254. The van der Waals surface area contributed by atoms with E-state index in [1.54, 1.807) is 25.6 Å². The van der Waals surface area contributed by atoms with E-state index in [1.165, 1.54) is 6.42 Å². The van der Waals surface area contributed by atoms with Gasteiger partial charge >= 0.3 is 0 Å². The Hall–Kier alpha value is -1.62. The Morgan fingerprint density at radius 3 is 3.16 bits per heavy atom. The molecule has 1 atom stereocenters. The van der Waals surface area contributed by atoms with Crippen LogP contribution in [0.3, 0.4) is 0 Å². The van der Waals surface area contributed by atoms with Gasteiger partial charge in [-0.3, -0.25) is 9.78 Å². The number of ether oxygens (including phenoxy) is 1. The lowest BCUT2D eigenvalue weighted by atomic mass is 9.98. The molecule has 1 aliphatic rings. The number of carbonyl (C=O) groups excluding carboxylic acids is 1. The maximum absolute atomic E-state index is 12.6.